The first kappa shape index (κ1) is 25.6. The molecule has 1 heterocycles. The molecule has 0 fully saturated rings. The maximum absolute atomic E-state index is 13.5. The van der Waals surface area contributed by atoms with Crippen molar-refractivity contribution in [2.45, 2.75) is 39.3 Å². The first-order valence-electron chi connectivity index (χ1n) is 12.0. The number of rotatable bonds is 9. The van der Waals surface area contributed by atoms with Gasteiger partial charge in [-0.1, -0.05) is 35.9 Å². The number of aromatic nitrogens is 2. The van der Waals surface area contributed by atoms with Crippen LogP contribution in [0.5, 0.6) is 0 Å². The highest BCUT2D eigenvalue weighted by molar-refractivity contribution is 5.92. The lowest BCUT2D eigenvalue weighted by molar-refractivity contribution is -0.117. The Bertz CT molecular complexity index is 1560. The van der Waals surface area contributed by atoms with Crippen molar-refractivity contribution in [1.82, 2.24) is 9.13 Å². The van der Waals surface area contributed by atoms with Gasteiger partial charge in [0.15, 0.2) is 0 Å². The first-order valence-corrected chi connectivity index (χ1v) is 12.0. The van der Waals surface area contributed by atoms with Crippen LogP contribution in [0, 0.1) is 12.7 Å². The van der Waals surface area contributed by atoms with Gasteiger partial charge in [0.1, 0.15) is 12.4 Å². The fraction of sp³-hybridized carbons (Fsp3) is 0.214. The molecular weight excluding hydrogens is 475 g/mol. The van der Waals surface area contributed by atoms with Crippen LogP contribution in [0.3, 0.4) is 0 Å². The van der Waals surface area contributed by atoms with E-state index >= 15 is 0 Å². The number of nitrogens with zero attached hydrogens (tertiary/aromatic N) is 2. The Morgan fingerprint density at radius 2 is 1.54 bits per heavy atom. The predicted molar refractivity (Wildman–Crippen MR) is 141 cm³/mol. The third-order valence-corrected chi connectivity index (χ3v) is 5.91. The minimum Gasteiger partial charge on any atom is -0.326 e. The minimum absolute atomic E-state index is 0.103. The van der Waals surface area contributed by atoms with Gasteiger partial charge in [-0.3, -0.25) is 23.5 Å². The fourth-order valence-corrected chi connectivity index (χ4v) is 4.05. The molecule has 8 nitrogen and oxygen atoms in total. The van der Waals surface area contributed by atoms with E-state index in [9.17, 15) is 23.6 Å². The number of carbonyl (C=O) groups excluding carboxylic acids is 2. The van der Waals surface area contributed by atoms with Crippen LogP contribution in [0.15, 0.2) is 82.4 Å². The lowest BCUT2D eigenvalue weighted by atomic mass is 10.2. The molecule has 2 amide bonds. The van der Waals surface area contributed by atoms with Crippen molar-refractivity contribution in [3.05, 3.63) is 105 Å². The monoisotopic (exact) mass is 502 g/mol. The quantitative estimate of drug-likeness (QED) is 0.337. The molecule has 190 valence electrons. The highest BCUT2D eigenvalue weighted by Gasteiger charge is 2.15. The van der Waals surface area contributed by atoms with E-state index in [1.165, 1.54) is 28.8 Å². The number of aryl methyl sites for hydroxylation is 1. The summed E-state index contributed by atoms with van der Waals surface area (Å²) in [5.74, 6) is -1.18. The van der Waals surface area contributed by atoms with Gasteiger partial charge in [-0.15, -0.1) is 0 Å². The van der Waals surface area contributed by atoms with E-state index in [2.05, 4.69) is 10.6 Å². The van der Waals surface area contributed by atoms with E-state index in [1.807, 2.05) is 31.2 Å². The van der Waals surface area contributed by atoms with Crippen LogP contribution in [0.2, 0.25) is 0 Å². The number of nitrogens with one attached hydrogen (secondary N) is 2. The molecule has 1 aromatic heterocycles. The highest BCUT2D eigenvalue weighted by atomic mass is 19.1. The average Bonchev–Trinajstić information content (AvgIpc) is 2.87. The summed E-state index contributed by atoms with van der Waals surface area (Å²) in [4.78, 5) is 51.2. The Morgan fingerprint density at radius 1 is 0.811 bits per heavy atom. The van der Waals surface area contributed by atoms with Crippen molar-refractivity contribution in [3.63, 3.8) is 0 Å². The lowest BCUT2D eigenvalue weighted by Gasteiger charge is -2.14. The van der Waals surface area contributed by atoms with Crippen molar-refractivity contribution in [2.75, 3.05) is 10.6 Å². The maximum Gasteiger partial charge on any atom is 0.331 e. The number of anilines is 2. The zero-order valence-electron chi connectivity index (χ0n) is 20.4. The van der Waals surface area contributed by atoms with Gasteiger partial charge < -0.3 is 10.6 Å². The number of unbranched alkanes of at least 4 members (excludes halogenated alkanes) is 1. The molecular formula is C28H27FN4O4. The molecule has 0 unspecified atom stereocenters. The lowest BCUT2D eigenvalue weighted by Crippen LogP contribution is -2.41. The number of fused-ring (bicyclic) bond motifs is 1. The molecule has 0 bridgehead atoms. The third kappa shape index (κ3) is 6.38. The predicted octanol–water partition coefficient (Wildman–Crippen LogP) is 4.06. The number of carbonyl (C=O) groups is 2. The summed E-state index contributed by atoms with van der Waals surface area (Å²) in [5.41, 5.74) is 1.32. The van der Waals surface area contributed by atoms with Gasteiger partial charge >= 0.3 is 5.69 Å². The number of para-hydroxylation sites is 1. The van der Waals surface area contributed by atoms with Gasteiger partial charge in [0.2, 0.25) is 11.8 Å². The zero-order chi connectivity index (χ0) is 26.4. The SMILES string of the molecule is Cc1ccc(NC(=O)CCCCn2c(=O)c3ccccc3n(CC(=O)Nc3cccc(F)c3)c2=O)cc1. The molecule has 0 aliphatic carbocycles. The van der Waals surface area contributed by atoms with E-state index in [0.29, 0.717) is 29.4 Å². The smallest absolute Gasteiger partial charge is 0.326 e. The van der Waals surface area contributed by atoms with Crippen molar-refractivity contribution < 1.29 is 14.0 Å². The van der Waals surface area contributed by atoms with Crippen LogP contribution in [0.4, 0.5) is 15.8 Å². The molecule has 0 radical (unpaired) electrons. The number of hydrogen-bond donors (Lipinski definition) is 2. The Balaban J connectivity index is 1.46. The minimum atomic E-state index is -0.623. The fourth-order valence-electron chi connectivity index (χ4n) is 4.05. The highest BCUT2D eigenvalue weighted by Crippen LogP contribution is 2.12. The second-order valence-electron chi connectivity index (χ2n) is 8.77. The summed E-state index contributed by atoms with van der Waals surface area (Å²) in [5, 5.41) is 5.71. The molecule has 4 aromatic rings. The van der Waals surface area contributed by atoms with Crippen LogP contribution >= 0.6 is 0 Å². The van der Waals surface area contributed by atoms with Gasteiger partial charge in [-0.2, -0.15) is 0 Å². The van der Waals surface area contributed by atoms with E-state index in [1.54, 1.807) is 24.3 Å². The van der Waals surface area contributed by atoms with Crippen LogP contribution < -0.4 is 21.9 Å². The second kappa shape index (κ2) is 11.5. The molecule has 0 saturated heterocycles. The van der Waals surface area contributed by atoms with Crippen molar-refractivity contribution in [3.8, 4) is 0 Å². The zero-order valence-corrected chi connectivity index (χ0v) is 20.4. The first-order chi connectivity index (χ1) is 17.8. The summed E-state index contributed by atoms with van der Waals surface area (Å²) >= 11 is 0. The van der Waals surface area contributed by atoms with Gasteiger partial charge in [-0.25, -0.2) is 9.18 Å². The molecule has 0 saturated carbocycles. The summed E-state index contributed by atoms with van der Waals surface area (Å²) in [6, 6.07) is 19.5. The second-order valence-corrected chi connectivity index (χ2v) is 8.77. The Kier molecular flexibility index (Phi) is 7.92. The molecule has 4 rings (SSSR count). The number of halogens is 1. The maximum atomic E-state index is 13.5. The number of benzene rings is 3. The van der Waals surface area contributed by atoms with Gasteiger partial charge in [0.05, 0.1) is 10.9 Å². The van der Waals surface area contributed by atoms with E-state index in [-0.39, 0.29) is 31.1 Å². The molecule has 0 aliphatic rings. The molecule has 37 heavy (non-hydrogen) atoms. The van der Waals surface area contributed by atoms with Gasteiger partial charge in [-0.05, 0) is 62.2 Å². The van der Waals surface area contributed by atoms with Crippen LogP contribution in [0.25, 0.3) is 10.9 Å². The van der Waals surface area contributed by atoms with Gasteiger partial charge in [0, 0.05) is 24.3 Å². The Hall–Kier alpha value is -4.53. The largest absolute Gasteiger partial charge is 0.331 e. The summed E-state index contributed by atoms with van der Waals surface area (Å²) in [6.07, 6.45) is 1.13. The van der Waals surface area contributed by atoms with E-state index in [0.717, 1.165) is 10.1 Å². The Morgan fingerprint density at radius 3 is 2.30 bits per heavy atom. The van der Waals surface area contributed by atoms with E-state index < -0.39 is 23.0 Å². The van der Waals surface area contributed by atoms with Gasteiger partial charge in [0.25, 0.3) is 5.56 Å². The molecule has 2 N–H and O–H groups in total. The number of amides is 2. The summed E-state index contributed by atoms with van der Waals surface area (Å²) in [7, 11) is 0. The number of hydrogen-bond acceptors (Lipinski definition) is 4. The van der Waals surface area contributed by atoms with Crippen LogP contribution in [-0.4, -0.2) is 20.9 Å². The van der Waals surface area contributed by atoms with Crippen LogP contribution in [0.1, 0.15) is 24.8 Å². The normalized spacial score (nSPS) is 10.9. The standard InChI is InChI=1S/C28H27FN4O4/c1-19-12-14-21(15-13-19)30-25(34)11-4-5-16-32-27(36)23-9-2-3-10-24(23)33(28(32)37)18-26(35)31-22-8-6-7-20(29)17-22/h2-3,6-10,12-15,17H,4-5,11,16,18H2,1H3,(H,30,34)(H,31,35). The molecule has 9 heteroatoms. The average molecular weight is 503 g/mol. The van der Waals surface area contributed by atoms with E-state index in [4.69, 9.17) is 0 Å². The summed E-state index contributed by atoms with van der Waals surface area (Å²) < 4.78 is 15.8. The topological polar surface area (TPSA) is 102 Å². The van der Waals surface area contributed by atoms with Crippen molar-refractivity contribution in [1.29, 1.82) is 0 Å². The molecule has 0 atom stereocenters. The Labute approximate surface area is 212 Å². The van der Waals surface area contributed by atoms with Crippen molar-refractivity contribution in [2.24, 2.45) is 0 Å². The molecule has 0 spiro atoms. The molecule has 0 aliphatic heterocycles. The third-order valence-electron chi connectivity index (χ3n) is 5.91. The summed E-state index contributed by atoms with van der Waals surface area (Å²) in [6.45, 7) is 1.71. The van der Waals surface area contributed by atoms with Crippen molar-refractivity contribution >= 4 is 34.1 Å². The van der Waals surface area contributed by atoms with Crippen LogP contribution in [-0.2, 0) is 22.7 Å². The molecule has 3 aromatic carbocycles.